The molecule has 0 radical (unpaired) electrons. The summed E-state index contributed by atoms with van der Waals surface area (Å²) in [6.07, 6.45) is 1.54. The van der Waals surface area contributed by atoms with Crippen molar-refractivity contribution in [2.24, 2.45) is 0 Å². The Hall–Kier alpha value is -2.78. The molecule has 2 unspecified atom stereocenters. The zero-order valence-corrected chi connectivity index (χ0v) is 17.4. The van der Waals surface area contributed by atoms with Crippen molar-refractivity contribution in [1.29, 1.82) is 0 Å². The van der Waals surface area contributed by atoms with E-state index in [0.29, 0.717) is 6.17 Å². The van der Waals surface area contributed by atoms with E-state index < -0.39 is 0 Å². The van der Waals surface area contributed by atoms with Crippen LogP contribution in [0.4, 0.5) is 5.69 Å². The fraction of sp³-hybridized carbons (Fsp3) is 0.308. The number of anilines is 1. The van der Waals surface area contributed by atoms with Gasteiger partial charge < -0.3 is 9.64 Å². The Morgan fingerprint density at radius 3 is 2.55 bits per heavy atom. The quantitative estimate of drug-likeness (QED) is 0.607. The van der Waals surface area contributed by atoms with Crippen molar-refractivity contribution >= 4 is 5.69 Å². The molecule has 0 spiro atoms. The minimum Gasteiger partial charge on any atom is -0.497 e. The lowest BCUT2D eigenvalue weighted by molar-refractivity contribution is 0.259. The van der Waals surface area contributed by atoms with Gasteiger partial charge in [-0.3, -0.25) is 4.90 Å². The van der Waals surface area contributed by atoms with Gasteiger partial charge in [0.1, 0.15) is 5.75 Å². The van der Waals surface area contributed by atoms with Crippen LogP contribution in [0.3, 0.4) is 0 Å². The molecule has 3 aromatic rings. The molecule has 1 saturated heterocycles. The van der Waals surface area contributed by atoms with Crippen LogP contribution in [0.15, 0.2) is 72.8 Å². The number of likely N-dealkylation sites (N-methyl/N-ethyl adjacent to an activating group) is 1. The number of methoxy groups -OCH3 is 1. The number of rotatable bonds is 4. The van der Waals surface area contributed by atoms with Crippen LogP contribution in [0.2, 0.25) is 0 Å². The van der Waals surface area contributed by atoms with Gasteiger partial charge in [-0.25, -0.2) is 0 Å². The molecule has 0 saturated carbocycles. The molecule has 0 aliphatic carbocycles. The van der Waals surface area contributed by atoms with E-state index in [-0.39, 0.29) is 5.41 Å². The predicted octanol–water partition coefficient (Wildman–Crippen LogP) is 5.30. The molecule has 2 atom stereocenters. The van der Waals surface area contributed by atoms with Crippen molar-refractivity contribution in [1.82, 2.24) is 4.90 Å². The molecule has 3 aromatic carbocycles. The summed E-state index contributed by atoms with van der Waals surface area (Å²) in [5.41, 5.74) is 6.85. The molecule has 0 N–H and O–H groups in total. The Balaban J connectivity index is 1.59. The van der Waals surface area contributed by atoms with E-state index in [1.165, 1.54) is 34.4 Å². The van der Waals surface area contributed by atoms with Crippen LogP contribution in [0.1, 0.15) is 24.5 Å². The van der Waals surface area contributed by atoms with Gasteiger partial charge in [-0.1, -0.05) is 61.5 Å². The number of hydrogen-bond donors (Lipinski definition) is 0. The molecule has 0 aromatic heterocycles. The summed E-state index contributed by atoms with van der Waals surface area (Å²) in [6.45, 7) is 4.44. The van der Waals surface area contributed by atoms with E-state index in [9.17, 15) is 0 Å². The molecular weight excluding hydrogens is 356 g/mol. The summed E-state index contributed by atoms with van der Waals surface area (Å²) in [4.78, 5) is 5.11. The molecule has 1 fully saturated rings. The summed E-state index contributed by atoms with van der Waals surface area (Å²) < 4.78 is 5.56. The van der Waals surface area contributed by atoms with Crippen LogP contribution in [0, 0.1) is 0 Å². The number of benzene rings is 3. The van der Waals surface area contributed by atoms with Gasteiger partial charge >= 0.3 is 0 Å². The Morgan fingerprint density at radius 1 is 1.00 bits per heavy atom. The highest BCUT2D eigenvalue weighted by Gasteiger charge is 2.53. The lowest BCUT2D eigenvalue weighted by Crippen LogP contribution is -2.47. The fourth-order valence-corrected chi connectivity index (χ4v) is 5.40. The molecule has 2 aliphatic heterocycles. The first-order chi connectivity index (χ1) is 14.1. The monoisotopic (exact) mass is 384 g/mol. The topological polar surface area (TPSA) is 15.7 Å². The summed E-state index contributed by atoms with van der Waals surface area (Å²) >= 11 is 0. The lowest BCUT2D eigenvalue weighted by atomic mass is 9.81. The number of likely N-dealkylation sites (tertiary alicyclic amines) is 1. The maximum atomic E-state index is 5.56. The summed E-state index contributed by atoms with van der Waals surface area (Å²) in [6, 6.07) is 26.1. The van der Waals surface area contributed by atoms with E-state index in [2.05, 4.69) is 96.6 Å². The molecule has 3 heteroatoms. The molecule has 2 aliphatic rings. The van der Waals surface area contributed by atoms with Crippen molar-refractivity contribution < 1.29 is 4.74 Å². The first kappa shape index (κ1) is 18.3. The van der Waals surface area contributed by atoms with Gasteiger partial charge in [0.2, 0.25) is 0 Å². The molecule has 3 nitrogen and oxygen atoms in total. The van der Waals surface area contributed by atoms with Gasteiger partial charge in [0, 0.05) is 24.2 Å². The molecule has 148 valence electrons. The smallest absolute Gasteiger partial charge is 0.119 e. The number of ether oxygens (including phenoxy) is 1. The molecular formula is C26H28N2O. The van der Waals surface area contributed by atoms with E-state index >= 15 is 0 Å². The molecule has 0 amide bonds. The van der Waals surface area contributed by atoms with Gasteiger partial charge in [0.05, 0.1) is 13.3 Å². The van der Waals surface area contributed by atoms with E-state index in [1.54, 1.807) is 7.11 Å². The van der Waals surface area contributed by atoms with Crippen LogP contribution in [0.25, 0.3) is 11.1 Å². The van der Waals surface area contributed by atoms with Crippen LogP contribution in [-0.4, -0.2) is 31.8 Å². The second kappa shape index (κ2) is 6.93. The predicted molar refractivity (Wildman–Crippen MR) is 119 cm³/mol. The van der Waals surface area contributed by atoms with Gasteiger partial charge in [-0.15, -0.1) is 0 Å². The zero-order valence-electron chi connectivity index (χ0n) is 17.4. The Labute approximate surface area is 173 Å². The summed E-state index contributed by atoms with van der Waals surface area (Å²) in [7, 11) is 4.01. The summed E-state index contributed by atoms with van der Waals surface area (Å²) in [5, 5.41) is 0. The normalized spacial score (nSPS) is 23.1. The van der Waals surface area contributed by atoms with Crippen molar-refractivity contribution in [3.63, 3.8) is 0 Å². The van der Waals surface area contributed by atoms with Crippen molar-refractivity contribution in [2.45, 2.75) is 31.5 Å². The highest BCUT2D eigenvalue weighted by atomic mass is 16.5. The first-order valence-corrected chi connectivity index (χ1v) is 10.4. The highest BCUT2D eigenvalue weighted by Crippen LogP contribution is 2.53. The first-order valence-electron chi connectivity index (χ1n) is 10.4. The van der Waals surface area contributed by atoms with Gasteiger partial charge in [0.25, 0.3) is 0 Å². The number of hydrogen-bond acceptors (Lipinski definition) is 3. The highest BCUT2D eigenvalue weighted by molar-refractivity contribution is 5.71. The Bertz CT molecular complexity index is 1030. The van der Waals surface area contributed by atoms with Crippen LogP contribution in [0.5, 0.6) is 5.75 Å². The van der Waals surface area contributed by atoms with E-state index in [0.717, 1.165) is 18.8 Å². The maximum absolute atomic E-state index is 5.56. The van der Waals surface area contributed by atoms with Crippen molar-refractivity contribution in [3.05, 3.63) is 83.9 Å². The van der Waals surface area contributed by atoms with Crippen LogP contribution in [-0.2, 0) is 12.0 Å². The van der Waals surface area contributed by atoms with Gasteiger partial charge in [-0.2, -0.15) is 0 Å². The second-order valence-corrected chi connectivity index (χ2v) is 8.56. The third kappa shape index (κ3) is 2.84. The minimum atomic E-state index is 0.125. The second-order valence-electron chi connectivity index (χ2n) is 8.56. The zero-order chi connectivity index (χ0) is 20.0. The average Bonchev–Trinajstić information content (AvgIpc) is 3.20. The van der Waals surface area contributed by atoms with Crippen molar-refractivity contribution in [3.8, 4) is 16.9 Å². The largest absolute Gasteiger partial charge is 0.497 e. The van der Waals surface area contributed by atoms with Crippen LogP contribution < -0.4 is 9.64 Å². The minimum absolute atomic E-state index is 0.125. The number of fused-ring (bicyclic) bond motifs is 3. The Morgan fingerprint density at radius 2 is 1.76 bits per heavy atom. The Kier molecular flexibility index (Phi) is 4.36. The third-order valence-corrected chi connectivity index (χ3v) is 6.84. The van der Waals surface area contributed by atoms with Crippen molar-refractivity contribution in [2.75, 3.05) is 25.6 Å². The van der Waals surface area contributed by atoms with E-state index in [4.69, 9.17) is 4.74 Å². The lowest BCUT2D eigenvalue weighted by Gasteiger charge is -2.35. The molecule has 29 heavy (non-hydrogen) atoms. The van der Waals surface area contributed by atoms with Gasteiger partial charge in [-0.05, 0) is 53.9 Å². The van der Waals surface area contributed by atoms with Crippen LogP contribution >= 0.6 is 0 Å². The third-order valence-electron chi connectivity index (χ3n) is 6.84. The SMILES string of the molecule is COc1ccc2c(c1)C1(C)CCN(C)C1N2Cc1ccccc1-c1ccccc1. The molecule has 0 bridgehead atoms. The summed E-state index contributed by atoms with van der Waals surface area (Å²) in [5.74, 6) is 0.949. The maximum Gasteiger partial charge on any atom is 0.119 e. The average molecular weight is 385 g/mol. The molecule has 2 heterocycles. The van der Waals surface area contributed by atoms with Gasteiger partial charge in [0.15, 0.2) is 0 Å². The van der Waals surface area contributed by atoms with E-state index in [1.807, 2.05) is 0 Å². The molecule has 5 rings (SSSR count). The fourth-order valence-electron chi connectivity index (χ4n) is 5.40. The standard InChI is InChI=1S/C26H28N2O/c1-26-15-16-27(2)25(26)28(24-14-13-21(29-3)17-23(24)26)18-20-11-7-8-12-22(20)19-9-5-4-6-10-19/h4-14,17,25H,15-16,18H2,1-3H3. The number of nitrogens with zero attached hydrogens (tertiary/aromatic N) is 2.